The molecule has 2 nitrogen and oxygen atoms in total. The topological polar surface area (TPSA) is 39.2 Å². The molecule has 1 aromatic heterocycles. The second kappa shape index (κ2) is 5.55. The van der Waals surface area contributed by atoms with Gasteiger partial charge in [-0.05, 0) is 43.3 Å². The molecule has 1 unspecified atom stereocenters. The summed E-state index contributed by atoms with van der Waals surface area (Å²) in [6.45, 7) is 1.93. The van der Waals surface area contributed by atoms with Crippen LogP contribution in [0.3, 0.4) is 0 Å². The summed E-state index contributed by atoms with van der Waals surface area (Å²) in [5.74, 6) is 0.242. The number of hydrogen-bond donors (Lipinski definition) is 1. The fraction of sp³-hybridized carbons (Fsp3) is 0.125. The van der Waals surface area contributed by atoms with Crippen LogP contribution in [0.5, 0.6) is 0 Å². The van der Waals surface area contributed by atoms with Crippen molar-refractivity contribution < 1.29 is 8.81 Å². The smallest absolute Gasteiger partial charge is 0.134 e. The van der Waals surface area contributed by atoms with Crippen LogP contribution in [0.2, 0.25) is 0 Å². The molecule has 0 aliphatic heterocycles. The lowest BCUT2D eigenvalue weighted by molar-refractivity contribution is 0.506. The van der Waals surface area contributed by atoms with Crippen molar-refractivity contribution in [3.05, 3.63) is 68.0 Å². The molecule has 21 heavy (non-hydrogen) atoms. The predicted octanol–water partition coefficient (Wildman–Crippen LogP) is 5.45. The third-order valence-electron chi connectivity index (χ3n) is 3.51. The van der Waals surface area contributed by atoms with E-state index in [-0.39, 0.29) is 5.82 Å². The lowest BCUT2D eigenvalue weighted by atomic mass is 10.0. The van der Waals surface area contributed by atoms with Gasteiger partial charge in [0.1, 0.15) is 17.2 Å². The molecule has 1 heterocycles. The number of nitrogens with two attached hydrogens (primary N) is 1. The van der Waals surface area contributed by atoms with Crippen LogP contribution < -0.4 is 5.73 Å². The van der Waals surface area contributed by atoms with E-state index in [0.29, 0.717) is 11.3 Å². The minimum Gasteiger partial charge on any atom is -0.459 e. The van der Waals surface area contributed by atoms with Gasteiger partial charge in [0.2, 0.25) is 0 Å². The summed E-state index contributed by atoms with van der Waals surface area (Å²) < 4.78 is 21.6. The molecule has 0 spiro atoms. The number of halogens is 3. The van der Waals surface area contributed by atoms with Crippen molar-refractivity contribution in [1.82, 2.24) is 0 Å². The Hall–Kier alpha value is -1.17. The van der Waals surface area contributed by atoms with E-state index in [1.165, 1.54) is 6.07 Å². The number of furan rings is 1. The lowest BCUT2D eigenvalue weighted by Crippen LogP contribution is -2.14. The van der Waals surface area contributed by atoms with Gasteiger partial charge < -0.3 is 10.2 Å². The van der Waals surface area contributed by atoms with E-state index in [1.807, 2.05) is 25.1 Å². The molecular formula is C16H12Br2FNO. The molecule has 0 saturated carbocycles. The predicted molar refractivity (Wildman–Crippen MR) is 88.8 cm³/mol. The summed E-state index contributed by atoms with van der Waals surface area (Å²) in [7, 11) is 0. The first-order valence-electron chi connectivity index (χ1n) is 6.36. The van der Waals surface area contributed by atoms with Gasteiger partial charge in [0.15, 0.2) is 0 Å². The summed E-state index contributed by atoms with van der Waals surface area (Å²) in [6, 6.07) is 9.83. The molecule has 0 fully saturated rings. The van der Waals surface area contributed by atoms with Crippen LogP contribution >= 0.6 is 31.9 Å². The van der Waals surface area contributed by atoms with Crippen LogP contribution in [0.25, 0.3) is 11.0 Å². The Bertz CT molecular complexity index is 829. The van der Waals surface area contributed by atoms with Crippen molar-refractivity contribution in [3.63, 3.8) is 0 Å². The maximum Gasteiger partial charge on any atom is 0.134 e. The van der Waals surface area contributed by atoms with Crippen molar-refractivity contribution in [1.29, 1.82) is 0 Å². The van der Waals surface area contributed by atoms with E-state index in [4.69, 9.17) is 10.2 Å². The van der Waals surface area contributed by atoms with Crippen molar-refractivity contribution in [3.8, 4) is 0 Å². The normalized spacial score (nSPS) is 12.8. The third kappa shape index (κ3) is 2.65. The molecule has 3 rings (SSSR count). The molecule has 1 atom stereocenters. The maximum atomic E-state index is 14.0. The van der Waals surface area contributed by atoms with E-state index in [9.17, 15) is 4.39 Å². The van der Waals surface area contributed by atoms with E-state index in [1.54, 1.807) is 12.1 Å². The second-order valence-electron chi connectivity index (χ2n) is 4.88. The van der Waals surface area contributed by atoms with Crippen LogP contribution in [0, 0.1) is 12.7 Å². The number of aryl methyl sites for hydroxylation is 1. The van der Waals surface area contributed by atoms with Gasteiger partial charge >= 0.3 is 0 Å². The van der Waals surface area contributed by atoms with Gasteiger partial charge in [-0.1, -0.05) is 31.9 Å². The first-order valence-corrected chi connectivity index (χ1v) is 7.95. The van der Waals surface area contributed by atoms with Gasteiger partial charge in [-0.15, -0.1) is 0 Å². The molecule has 0 bridgehead atoms. The molecule has 0 amide bonds. The Morgan fingerprint density at radius 2 is 1.76 bits per heavy atom. The largest absolute Gasteiger partial charge is 0.459 e. The van der Waals surface area contributed by atoms with E-state index in [0.717, 1.165) is 25.5 Å². The Morgan fingerprint density at radius 3 is 2.52 bits per heavy atom. The van der Waals surface area contributed by atoms with E-state index >= 15 is 0 Å². The Kier molecular flexibility index (Phi) is 3.90. The molecule has 0 saturated heterocycles. The van der Waals surface area contributed by atoms with Gasteiger partial charge in [-0.3, -0.25) is 0 Å². The van der Waals surface area contributed by atoms with E-state index in [2.05, 4.69) is 31.9 Å². The highest BCUT2D eigenvalue weighted by molar-refractivity contribution is 9.10. The van der Waals surface area contributed by atoms with Crippen LogP contribution in [-0.2, 0) is 0 Å². The summed E-state index contributed by atoms with van der Waals surface area (Å²) in [5, 5.41) is 0.977. The Morgan fingerprint density at radius 1 is 1.10 bits per heavy atom. The highest BCUT2D eigenvalue weighted by Gasteiger charge is 2.21. The molecular weight excluding hydrogens is 401 g/mol. The number of rotatable bonds is 2. The molecule has 108 valence electrons. The van der Waals surface area contributed by atoms with Gasteiger partial charge in [0, 0.05) is 25.5 Å². The van der Waals surface area contributed by atoms with Crippen LogP contribution in [0.1, 0.15) is 22.9 Å². The monoisotopic (exact) mass is 411 g/mol. The number of benzene rings is 2. The molecule has 0 aliphatic carbocycles. The number of hydrogen-bond acceptors (Lipinski definition) is 2. The van der Waals surface area contributed by atoms with E-state index < -0.39 is 6.04 Å². The standard InChI is InChI=1S/C16H12Br2FNO/c1-8-11-6-10(18)3-5-14(11)21-16(8)15(20)12-7-9(17)2-4-13(12)19/h2-7,15H,20H2,1H3. The highest BCUT2D eigenvalue weighted by atomic mass is 79.9. The molecule has 2 aromatic carbocycles. The highest BCUT2D eigenvalue weighted by Crippen LogP contribution is 2.34. The van der Waals surface area contributed by atoms with Gasteiger partial charge in [0.05, 0.1) is 6.04 Å². The second-order valence-corrected chi connectivity index (χ2v) is 6.71. The zero-order valence-corrected chi connectivity index (χ0v) is 14.3. The lowest BCUT2D eigenvalue weighted by Gasteiger charge is -2.12. The minimum absolute atomic E-state index is 0.341. The van der Waals surface area contributed by atoms with Crippen molar-refractivity contribution in [2.24, 2.45) is 5.73 Å². The first kappa shape index (κ1) is 14.8. The Balaban J connectivity index is 2.15. The average molecular weight is 413 g/mol. The Labute approximate surface area is 138 Å². The van der Waals surface area contributed by atoms with Crippen molar-refractivity contribution in [2.45, 2.75) is 13.0 Å². The maximum absolute atomic E-state index is 14.0. The zero-order chi connectivity index (χ0) is 15.1. The molecule has 3 aromatic rings. The molecule has 0 radical (unpaired) electrons. The zero-order valence-electron chi connectivity index (χ0n) is 11.2. The molecule has 2 N–H and O–H groups in total. The number of fused-ring (bicyclic) bond motifs is 1. The summed E-state index contributed by atoms with van der Waals surface area (Å²) in [4.78, 5) is 0. The van der Waals surface area contributed by atoms with Gasteiger partial charge in [-0.2, -0.15) is 0 Å². The fourth-order valence-corrected chi connectivity index (χ4v) is 3.14. The van der Waals surface area contributed by atoms with Gasteiger partial charge in [0.25, 0.3) is 0 Å². The summed E-state index contributed by atoms with van der Waals surface area (Å²) in [5.41, 5.74) is 8.31. The van der Waals surface area contributed by atoms with Crippen LogP contribution in [0.15, 0.2) is 49.8 Å². The molecule has 5 heteroatoms. The minimum atomic E-state index is -0.645. The average Bonchev–Trinajstić information content (AvgIpc) is 2.78. The van der Waals surface area contributed by atoms with Crippen LogP contribution in [0.4, 0.5) is 4.39 Å². The quantitative estimate of drug-likeness (QED) is 0.607. The fourth-order valence-electron chi connectivity index (χ4n) is 2.40. The van der Waals surface area contributed by atoms with Crippen molar-refractivity contribution >= 4 is 42.8 Å². The summed E-state index contributed by atoms with van der Waals surface area (Å²) in [6.07, 6.45) is 0. The van der Waals surface area contributed by atoms with Gasteiger partial charge in [-0.25, -0.2) is 4.39 Å². The summed E-state index contributed by atoms with van der Waals surface area (Å²) >= 11 is 6.78. The SMILES string of the molecule is Cc1c(C(N)c2cc(Br)ccc2F)oc2ccc(Br)cc12. The van der Waals surface area contributed by atoms with Crippen molar-refractivity contribution in [2.75, 3.05) is 0 Å². The molecule has 0 aliphatic rings. The first-order chi connectivity index (χ1) is 9.97. The van der Waals surface area contributed by atoms with Crippen LogP contribution in [-0.4, -0.2) is 0 Å². The third-order valence-corrected chi connectivity index (χ3v) is 4.50.